The number of nitrogens with zero attached hydrogens (tertiary/aromatic N) is 3. The van der Waals surface area contributed by atoms with E-state index in [2.05, 4.69) is 15.5 Å². The number of amides is 1. The second-order valence-corrected chi connectivity index (χ2v) is 6.49. The minimum absolute atomic E-state index is 0.0745. The highest BCUT2D eigenvalue weighted by atomic mass is 16.4. The average molecular weight is 360 g/mol. The van der Waals surface area contributed by atoms with Crippen LogP contribution in [0.15, 0.2) is 59.1 Å². The second-order valence-electron chi connectivity index (χ2n) is 6.49. The van der Waals surface area contributed by atoms with Gasteiger partial charge in [0.25, 0.3) is 0 Å². The number of aromatic nitrogens is 3. The molecule has 0 unspecified atom stereocenters. The lowest BCUT2D eigenvalue weighted by atomic mass is 10.1. The van der Waals surface area contributed by atoms with E-state index in [0.29, 0.717) is 18.2 Å². The minimum Gasteiger partial charge on any atom is -0.421 e. The molecule has 4 aromatic rings. The van der Waals surface area contributed by atoms with Crippen LogP contribution in [0, 0.1) is 6.92 Å². The first-order chi connectivity index (χ1) is 13.1. The molecule has 0 bridgehead atoms. The van der Waals surface area contributed by atoms with Crippen LogP contribution in [0.25, 0.3) is 22.4 Å². The van der Waals surface area contributed by atoms with Crippen LogP contribution in [0.5, 0.6) is 0 Å². The van der Waals surface area contributed by atoms with Crippen LogP contribution in [0.4, 0.5) is 5.69 Å². The van der Waals surface area contributed by atoms with Crippen molar-refractivity contribution in [2.75, 3.05) is 5.32 Å². The van der Waals surface area contributed by atoms with Crippen LogP contribution in [-0.2, 0) is 17.8 Å². The molecule has 4 rings (SSSR count). The lowest BCUT2D eigenvalue weighted by Crippen LogP contribution is -2.18. The molecule has 0 fully saturated rings. The zero-order valence-electron chi connectivity index (χ0n) is 15.3. The van der Waals surface area contributed by atoms with Gasteiger partial charge in [-0.3, -0.25) is 4.79 Å². The van der Waals surface area contributed by atoms with E-state index in [9.17, 15) is 4.79 Å². The number of rotatable bonds is 5. The van der Waals surface area contributed by atoms with E-state index in [1.54, 1.807) is 0 Å². The van der Waals surface area contributed by atoms with Crippen molar-refractivity contribution in [3.05, 3.63) is 66.2 Å². The van der Waals surface area contributed by atoms with Crippen molar-refractivity contribution in [3.8, 4) is 11.5 Å². The fourth-order valence-electron chi connectivity index (χ4n) is 3.05. The van der Waals surface area contributed by atoms with E-state index in [-0.39, 0.29) is 12.5 Å². The number of hydrogen-bond acceptors (Lipinski definition) is 4. The van der Waals surface area contributed by atoms with E-state index in [0.717, 1.165) is 27.7 Å². The largest absolute Gasteiger partial charge is 0.421 e. The van der Waals surface area contributed by atoms with Gasteiger partial charge in [0.2, 0.25) is 17.7 Å². The van der Waals surface area contributed by atoms with Crippen LogP contribution < -0.4 is 5.32 Å². The van der Waals surface area contributed by atoms with Crippen molar-refractivity contribution in [1.29, 1.82) is 0 Å². The van der Waals surface area contributed by atoms with E-state index in [1.807, 2.05) is 73.1 Å². The summed E-state index contributed by atoms with van der Waals surface area (Å²) in [7, 11) is 0. The molecule has 0 saturated carbocycles. The van der Waals surface area contributed by atoms with Crippen molar-refractivity contribution in [2.24, 2.45) is 0 Å². The fourth-order valence-corrected chi connectivity index (χ4v) is 3.05. The molecule has 2 heterocycles. The Morgan fingerprint density at radius 1 is 1.15 bits per heavy atom. The molecule has 0 aliphatic heterocycles. The van der Waals surface area contributed by atoms with Crippen molar-refractivity contribution in [1.82, 2.24) is 14.8 Å². The van der Waals surface area contributed by atoms with Gasteiger partial charge in [-0.2, -0.15) is 0 Å². The molecule has 0 aliphatic carbocycles. The Balaban J connectivity index is 1.58. The van der Waals surface area contributed by atoms with Crippen LogP contribution >= 0.6 is 0 Å². The fraction of sp³-hybridized carbons (Fsp3) is 0.190. The van der Waals surface area contributed by atoms with E-state index in [1.165, 1.54) is 0 Å². The predicted octanol–water partition coefficient (Wildman–Crippen LogP) is 4.20. The van der Waals surface area contributed by atoms with Crippen molar-refractivity contribution < 1.29 is 9.21 Å². The molecule has 2 aromatic heterocycles. The Morgan fingerprint density at radius 3 is 2.81 bits per heavy atom. The van der Waals surface area contributed by atoms with Gasteiger partial charge >= 0.3 is 0 Å². The minimum atomic E-state index is -0.0745. The molecule has 0 radical (unpaired) electrons. The summed E-state index contributed by atoms with van der Waals surface area (Å²) in [4.78, 5) is 12.5. The first kappa shape index (κ1) is 17.0. The summed E-state index contributed by atoms with van der Waals surface area (Å²) in [6.07, 6.45) is 2.61. The average Bonchev–Trinajstić information content (AvgIpc) is 3.28. The zero-order valence-corrected chi connectivity index (χ0v) is 15.3. The highest BCUT2D eigenvalue weighted by molar-refractivity contribution is 5.92. The van der Waals surface area contributed by atoms with Crippen molar-refractivity contribution in [2.45, 2.75) is 26.8 Å². The maximum atomic E-state index is 12.5. The van der Waals surface area contributed by atoms with Gasteiger partial charge in [0.1, 0.15) is 6.54 Å². The van der Waals surface area contributed by atoms with Crippen LogP contribution in [0.2, 0.25) is 0 Å². The number of benzene rings is 2. The summed E-state index contributed by atoms with van der Waals surface area (Å²) in [5, 5.41) is 12.1. The maximum Gasteiger partial charge on any atom is 0.247 e. The van der Waals surface area contributed by atoms with Crippen LogP contribution in [0.1, 0.15) is 18.4 Å². The Hall–Kier alpha value is -3.41. The molecule has 1 amide bonds. The van der Waals surface area contributed by atoms with Crippen LogP contribution in [0.3, 0.4) is 0 Å². The number of aryl methyl sites for hydroxylation is 2. The molecule has 0 saturated heterocycles. The molecule has 6 heteroatoms. The summed E-state index contributed by atoms with van der Waals surface area (Å²) in [5.41, 5.74) is 3.70. The highest BCUT2D eigenvalue weighted by Crippen LogP contribution is 2.24. The van der Waals surface area contributed by atoms with Gasteiger partial charge < -0.3 is 14.3 Å². The Labute approximate surface area is 156 Å². The summed E-state index contributed by atoms with van der Waals surface area (Å²) in [5.74, 6) is 1.03. The third kappa shape index (κ3) is 3.60. The van der Waals surface area contributed by atoms with Gasteiger partial charge in [0.05, 0.1) is 0 Å². The first-order valence-electron chi connectivity index (χ1n) is 8.90. The summed E-state index contributed by atoms with van der Waals surface area (Å²) in [6.45, 7) is 4.20. The molecule has 2 aromatic carbocycles. The molecule has 136 valence electrons. The molecule has 1 N–H and O–H groups in total. The molecule has 0 spiro atoms. The lowest BCUT2D eigenvalue weighted by Gasteiger charge is -2.08. The molecule has 0 aliphatic rings. The molecule has 6 nitrogen and oxygen atoms in total. The Kier molecular flexibility index (Phi) is 4.46. The highest BCUT2D eigenvalue weighted by Gasteiger charge is 2.11. The van der Waals surface area contributed by atoms with Gasteiger partial charge in [0.15, 0.2) is 0 Å². The standard InChI is InChI=1S/C21H20N4O2/c1-3-20-23-24-21(27-20)16-8-7-15-9-10-25(18(15)12-16)13-19(26)22-17-6-4-5-14(2)11-17/h4-12H,3,13H2,1-2H3,(H,22,26). The van der Waals surface area contributed by atoms with Gasteiger partial charge in [0, 0.05) is 29.4 Å². The van der Waals surface area contributed by atoms with Crippen LogP contribution in [-0.4, -0.2) is 20.7 Å². The molecular formula is C21H20N4O2. The van der Waals surface area contributed by atoms with Crippen molar-refractivity contribution >= 4 is 22.5 Å². The summed E-state index contributed by atoms with van der Waals surface area (Å²) in [6, 6.07) is 15.7. The van der Waals surface area contributed by atoms with Gasteiger partial charge in [-0.05, 0) is 48.2 Å². The SMILES string of the molecule is CCc1nnc(-c2ccc3ccn(CC(=O)Nc4cccc(C)c4)c3c2)o1. The number of fused-ring (bicyclic) bond motifs is 1. The van der Waals surface area contributed by atoms with E-state index < -0.39 is 0 Å². The summed E-state index contributed by atoms with van der Waals surface area (Å²) >= 11 is 0. The Bertz CT molecular complexity index is 1110. The normalized spacial score (nSPS) is 11.0. The third-order valence-corrected chi connectivity index (χ3v) is 4.41. The monoisotopic (exact) mass is 360 g/mol. The topological polar surface area (TPSA) is 73.0 Å². The van der Waals surface area contributed by atoms with Crippen molar-refractivity contribution in [3.63, 3.8) is 0 Å². The number of anilines is 1. The lowest BCUT2D eigenvalue weighted by molar-refractivity contribution is -0.116. The Morgan fingerprint density at radius 2 is 2.04 bits per heavy atom. The van der Waals surface area contributed by atoms with Gasteiger partial charge in [-0.1, -0.05) is 25.1 Å². The van der Waals surface area contributed by atoms with Gasteiger partial charge in [-0.15, -0.1) is 10.2 Å². The predicted molar refractivity (Wildman–Crippen MR) is 104 cm³/mol. The molecular weight excluding hydrogens is 340 g/mol. The van der Waals surface area contributed by atoms with Gasteiger partial charge in [-0.25, -0.2) is 0 Å². The number of carbonyl (C=O) groups excluding carboxylic acids is 1. The smallest absolute Gasteiger partial charge is 0.247 e. The number of nitrogens with one attached hydrogen (secondary N) is 1. The molecule has 0 atom stereocenters. The first-order valence-corrected chi connectivity index (χ1v) is 8.90. The summed E-state index contributed by atoms with van der Waals surface area (Å²) < 4.78 is 7.56. The number of hydrogen-bond donors (Lipinski definition) is 1. The molecule has 27 heavy (non-hydrogen) atoms. The number of carbonyl (C=O) groups is 1. The second kappa shape index (κ2) is 7.07. The maximum absolute atomic E-state index is 12.5. The van der Waals surface area contributed by atoms with E-state index >= 15 is 0 Å². The zero-order chi connectivity index (χ0) is 18.8. The van der Waals surface area contributed by atoms with E-state index in [4.69, 9.17) is 4.42 Å². The quantitative estimate of drug-likeness (QED) is 0.579. The third-order valence-electron chi connectivity index (χ3n) is 4.41.